The molecule has 0 unspecified atom stereocenters. The molecule has 10 heteroatoms. The van der Waals surface area contributed by atoms with E-state index in [1.54, 1.807) is 33.8 Å². The summed E-state index contributed by atoms with van der Waals surface area (Å²) in [6, 6.07) is 3.55. The van der Waals surface area contributed by atoms with Crippen LogP contribution in [0.2, 0.25) is 0 Å². The summed E-state index contributed by atoms with van der Waals surface area (Å²) in [5.41, 5.74) is 1.26. The standard InChI is InChI=1S/C22H28N8O2/c1-4-18-15-29(19(31)5-2)9-8-28(18)10-11-30-20(32)7-6-16-12-23-22(26-21(16)30)25-17-13-24-27(3)14-17/h5-7,12-14,18H,2,4,8-11,15H2,1,3H3,(H,23,25,26)/t18-/m0/s1. The summed E-state index contributed by atoms with van der Waals surface area (Å²) < 4.78 is 3.38. The van der Waals surface area contributed by atoms with E-state index in [9.17, 15) is 9.59 Å². The smallest absolute Gasteiger partial charge is 0.252 e. The minimum atomic E-state index is -0.1000. The van der Waals surface area contributed by atoms with E-state index in [1.165, 1.54) is 6.08 Å². The lowest BCUT2D eigenvalue weighted by Crippen LogP contribution is -2.55. The maximum atomic E-state index is 12.7. The first-order valence-electron chi connectivity index (χ1n) is 10.8. The maximum absolute atomic E-state index is 12.7. The number of rotatable bonds is 7. The van der Waals surface area contributed by atoms with Crippen molar-refractivity contribution in [2.24, 2.45) is 7.05 Å². The molecule has 1 aliphatic rings. The number of amides is 1. The van der Waals surface area contributed by atoms with Gasteiger partial charge in [-0.1, -0.05) is 13.5 Å². The molecule has 0 bridgehead atoms. The zero-order valence-electron chi connectivity index (χ0n) is 18.4. The number of hydrogen-bond acceptors (Lipinski definition) is 7. The lowest BCUT2D eigenvalue weighted by Gasteiger charge is -2.41. The Hall–Kier alpha value is -3.53. The Morgan fingerprint density at radius 2 is 2.12 bits per heavy atom. The first kappa shape index (κ1) is 21.7. The van der Waals surface area contributed by atoms with E-state index in [1.807, 2.05) is 18.1 Å². The number of carbonyl (C=O) groups is 1. The highest BCUT2D eigenvalue weighted by atomic mass is 16.2. The van der Waals surface area contributed by atoms with Crippen LogP contribution in [0.3, 0.4) is 0 Å². The molecule has 1 atom stereocenters. The second-order valence-corrected chi connectivity index (χ2v) is 7.91. The molecule has 4 rings (SSSR count). The van der Waals surface area contributed by atoms with Crippen molar-refractivity contribution in [3.63, 3.8) is 0 Å². The molecule has 1 N–H and O–H groups in total. The van der Waals surface area contributed by atoms with Crippen molar-refractivity contribution in [1.29, 1.82) is 0 Å². The van der Waals surface area contributed by atoms with Gasteiger partial charge in [0.1, 0.15) is 5.65 Å². The largest absolute Gasteiger partial charge is 0.336 e. The molecular weight excluding hydrogens is 408 g/mol. The molecule has 10 nitrogen and oxygen atoms in total. The Morgan fingerprint density at radius 1 is 1.28 bits per heavy atom. The molecule has 0 aliphatic carbocycles. The van der Waals surface area contributed by atoms with Gasteiger partial charge >= 0.3 is 0 Å². The van der Waals surface area contributed by atoms with Gasteiger partial charge in [0.2, 0.25) is 11.9 Å². The minimum absolute atomic E-state index is 0.0290. The summed E-state index contributed by atoms with van der Waals surface area (Å²) in [7, 11) is 1.83. The Labute approximate surface area is 186 Å². The van der Waals surface area contributed by atoms with Gasteiger partial charge in [-0.25, -0.2) is 4.98 Å². The van der Waals surface area contributed by atoms with Gasteiger partial charge in [0.15, 0.2) is 0 Å². The predicted octanol–water partition coefficient (Wildman–Crippen LogP) is 1.38. The summed E-state index contributed by atoms with van der Waals surface area (Å²) >= 11 is 0. The van der Waals surface area contributed by atoms with Crippen molar-refractivity contribution in [2.75, 3.05) is 31.5 Å². The van der Waals surface area contributed by atoms with E-state index >= 15 is 0 Å². The lowest BCUT2D eigenvalue weighted by molar-refractivity contribution is -0.129. The fourth-order valence-corrected chi connectivity index (χ4v) is 4.09. The molecule has 1 fully saturated rings. The predicted molar refractivity (Wildman–Crippen MR) is 123 cm³/mol. The van der Waals surface area contributed by atoms with Gasteiger partial charge in [-0.2, -0.15) is 10.1 Å². The van der Waals surface area contributed by atoms with E-state index in [0.717, 1.165) is 24.0 Å². The van der Waals surface area contributed by atoms with Crippen LogP contribution in [0.5, 0.6) is 0 Å². The zero-order valence-corrected chi connectivity index (χ0v) is 18.4. The number of fused-ring (bicyclic) bond motifs is 1. The number of piperazine rings is 1. The molecule has 32 heavy (non-hydrogen) atoms. The molecule has 4 heterocycles. The quantitative estimate of drug-likeness (QED) is 0.558. The number of pyridine rings is 1. The van der Waals surface area contributed by atoms with E-state index < -0.39 is 0 Å². The lowest BCUT2D eigenvalue weighted by atomic mass is 10.1. The Kier molecular flexibility index (Phi) is 6.31. The summed E-state index contributed by atoms with van der Waals surface area (Å²) in [4.78, 5) is 37.8. The normalized spacial score (nSPS) is 16.9. The molecule has 0 aromatic carbocycles. The molecular formula is C22H28N8O2. The van der Waals surface area contributed by atoms with Gasteiger partial charge in [0.25, 0.3) is 5.56 Å². The van der Waals surface area contributed by atoms with Crippen molar-refractivity contribution in [3.8, 4) is 0 Å². The zero-order chi connectivity index (χ0) is 22.7. The number of nitrogens with zero attached hydrogens (tertiary/aromatic N) is 7. The van der Waals surface area contributed by atoms with E-state index in [0.29, 0.717) is 37.8 Å². The third kappa shape index (κ3) is 4.54. The number of aryl methyl sites for hydroxylation is 1. The molecule has 168 valence electrons. The molecule has 1 saturated heterocycles. The second kappa shape index (κ2) is 9.31. The highest BCUT2D eigenvalue weighted by Gasteiger charge is 2.27. The first-order valence-corrected chi connectivity index (χ1v) is 10.8. The van der Waals surface area contributed by atoms with Crippen molar-refractivity contribution in [2.45, 2.75) is 25.9 Å². The van der Waals surface area contributed by atoms with E-state index in [-0.39, 0.29) is 17.5 Å². The van der Waals surface area contributed by atoms with Crippen LogP contribution >= 0.6 is 0 Å². The van der Waals surface area contributed by atoms with Gasteiger partial charge in [-0.3, -0.25) is 23.7 Å². The molecule has 1 aliphatic heterocycles. The minimum Gasteiger partial charge on any atom is -0.336 e. The van der Waals surface area contributed by atoms with Crippen LogP contribution in [0.4, 0.5) is 11.6 Å². The number of nitrogens with one attached hydrogen (secondary N) is 1. The van der Waals surface area contributed by atoms with Crippen LogP contribution in [0, 0.1) is 0 Å². The Morgan fingerprint density at radius 3 is 2.84 bits per heavy atom. The third-order valence-corrected chi connectivity index (χ3v) is 5.86. The summed E-state index contributed by atoms with van der Waals surface area (Å²) in [5.74, 6) is 0.381. The Balaban J connectivity index is 1.53. The van der Waals surface area contributed by atoms with E-state index in [2.05, 4.69) is 38.8 Å². The van der Waals surface area contributed by atoms with Gasteiger partial charge < -0.3 is 10.2 Å². The van der Waals surface area contributed by atoms with Crippen molar-refractivity contribution in [1.82, 2.24) is 34.1 Å². The average Bonchev–Trinajstić information content (AvgIpc) is 3.22. The summed E-state index contributed by atoms with van der Waals surface area (Å²) in [5, 5.41) is 8.06. The molecule has 3 aromatic rings. The molecule has 1 amide bonds. The first-order chi connectivity index (χ1) is 15.5. The van der Waals surface area contributed by atoms with Crippen molar-refractivity contribution in [3.05, 3.63) is 53.7 Å². The number of anilines is 2. The monoisotopic (exact) mass is 436 g/mol. The number of hydrogen-bond donors (Lipinski definition) is 1. The molecule has 3 aromatic heterocycles. The summed E-state index contributed by atoms with van der Waals surface area (Å²) in [6.45, 7) is 9.01. The van der Waals surface area contributed by atoms with Gasteiger partial charge in [0, 0.05) is 69.7 Å². The third-order valence-electron chi connectivity index (χ3n) is 5.86. The van der Waals surface area contributed by atoms with Crippen molar-refractivity contribution >= 4 is 28.6 Å². The highest BCUT2D eigenvalue weighted by Crippen LogP contribution is 2.17. The SMILES string of the molecule is C=CC(=O)N1CCN(CCn2c(=O)ccc3cnc(Nc4cnn(C)c4)nc32)[C@@H](CC)C1. The van der Waals surface area contributed by atoms with E-state index in [4.69, 9.17) is 0 Å². The number of aromatic nitrogens is 5. The topological polar surface area (TPSA) is 101 Å². The average molecular weight is 437 g/mol. The van der Waals surface area contributed by atoms with Gasteiger partial charge in [-0.15, -0.1) is 0 Å². The Bertz CT molecular complexity index is 1180. The van der Waals surface area contributed by atoms with Crippen LogP contribution in [-0.2, 0) is 18.4 Å². The van der Waals surface area contributed by atoms with Crippen molar-refractivity contribution < 1.29 is 4.79 Å². The second-order valence-electron chi connectivity index (χ2n) is 7.91. The van der Waals surface area contributed by atoms with Gasteiger partial charge in [-0.05, 0) is 18.6 Å². The molecule has 0 radical (unpaired) electrons. The maximum Gasteiger partial charge on any atom is 0.252 e. The highest BCUT2D eigenvalue weighted by molar-refractivity contribution is 5.87. The molecule has 0 spiro atoms. The fraction of sp³-hybridized carbons (Fsp3) is 0.409. The van der Waals surface area contributed by atoms with Crippen LogP contribution in [0.1, 0.15) is 13.3 Å². The van der Waals surface area contributed by atoms with Crippen LogP contribution < -0.4 is 10.9 Å². The number of carbonyl (C=O) groups excluding carboxylic acids is 1. The van der Waals surface area contributed by atoms with Crippen LogP contribution in [0.25, 0.3) is 11.0 Å². The van der Waals surface area contributed by atoms with Crippen LogP contribution in [-0.4, -0.2) is 72.2 Å². The molecule has 0 saturated carbocycles. The van der Waals surface area contributed by atoms with Gasteiger partial charge in [0.05, 0.1) is 11.9 Å². The summed E-state index contributed by atoms with van der Waals surface area (Å²) in [6.07, 6.45) is 7.52. The fourth-order valence-electron chi connectivity index (χ4n) is 4.09. The van der Waals surface area contributed by atoms with Crippen LogP contribution in [0.15, 0.2) is 48.2 Å².